The van der Waals surface area contributed by atoms with Gasteiger partial charge in [-0.1, -0.05) is 107 Å². The molecule has 0 fully saturated rings. The fourth-order valence-corrected chi connectivity index (χ4v) is 2.74. The van der Waals surface area contributed by atoms with Gasteiger partial charge in [0.1, 0.15) is 0 Å². The van der Waals surface area contributed by atoms with Crippen LogP contribution >= 0.6 is 11.3 Å². The van der Waals surface area contributed by atoms with Gasteiger partial charge in [0.25, 0.3) is 0 Å². The average Bonchev–Trinajstić information content (AvgIpc) is 3.22. The summed E-state index contributed by atoms with van der Waals surface area (Å²) in [5.41, 5.74) is 4.73. The summed E-state index contributed by atoms with van der Waals surface area (Å²) < 4.78 is 0. The lowest BCUT2D eigenvalue weighted by Gasteiger charge is -1.90. The van der Waals surface area contributed by atoms with E-state index in [1.165, 1.54) is 21.6 Å². The number of terminal acetylenes is 1. The number of allylic oxidation sites excluding steroid dienone is 17. The molecule has 0 nitrogen and oxygen atoms in total. The highest BCUT2D eigenvalue weighted by atomic mass is 32.1. The van der Waals surface area contributed by atoms with Gasteiger partial charge < -0.3 is 0 Å². The Labute approximate surface area is 181 Å². The zero-order valence-corrected chi connectivity index (χ0v) is 18.6. The lowest BCUT2D eigenvalue weighted by atomic mass is 10.2. The second-order valence-corrected chi connectivity index (χ2v) is 7.57. The quantitative estimate of drug-likeness (QED) is 0.289. The summed E-state index contributed by atoms with van der Waals surface area (Å²) in [4.78, 5) is 1.27. The highest BCUT2D eigenvalue weighted by Crippen LogP contribution is 2.12. The van der Waals surface area contributed by atoms with Crippen LogP contribution in [0.4, 0.5) is 0 Å². The third-order valence-corrected chi connectivity index (χ3v) is 4.60. The molecule has 0 aliphatic rings. The van der Waals surface area contributed by atoms with Gasteiger partial charge in [0, 0.05) is 4.88 Å². The molecule has 0 unspecified atom stereocenters. The van der Waals surface area contributed by atoms with Crippen molar-refractivity contribution in [3.05, 3.63) is 124 Å². The molecular weight excluding hydrogens is 368 g/mol. The van der Waals surface area contributed by atoms with Crippen molar-refractivity contribution in [1.82, 2.24) is 0 Å². The summed E-state index contributed by atoms with van der Waals surface area (Å²) in [5, 5.41) is 2.09. The van der Waals surface area contributed by atoms with Crippen LogP contribution in [0.1, 0.15) is 32.6 Å². The van der Waals surface area contributed by atoms with E-state index in [0.717, 1.165) is 5.57 Å². The Hall–Kier alpha value is -3.08. The Morgan fingerprint density at radius 1 is 0.759 bits per heavy atom. The molecule has 1 aromatic heterocycles. The van der Waals surface area contributed by atoms with Gasteiger partial charge in [0.05, 0.1) is 0 Å². The molecule has 1 heterocycles. The third-order valence-electron chi connectivity index (χ3n) is 3.76. The predicted octanol–water partition coefficient (Wildman–Crippen LogP) is 8.40. The normalized spacial score (nSPS) is 15.0. The molecule has 1 heteroatoms. The van der Waals surface area contributed by atoms with E-state index in [0.29, 0.717) is 0 Å². The van der Waals surface area contributed by atoms with Crippen LogP contribution in [0.3, 0.4) is 0 Å². The maximum absolute atomic E-state index is 5.20. The Bertz CT molecular complexity index is 925. The molecule has 0 radical (unpaired) electrons. The molecule has 29 heavy (non-hydrogen) atoms. The summed E-state index contributed by atoms with van der Waals surface area (Å²) in [7, 11) is 0. The summed E-state index contributed by atoms with van der Waals surface area (Å²) in [5.74, 6) is 2.49. The Morgan fingerprint density at radius 2 is 1.28 bits per heavy atom. The molecule has 0 amide bonds. The van der Waals surface area contributed by atoms with Gasteiger partial charge in [-0.05, 0) is 51.3 Å². The summed E-state index contributed by atoms with van der Waals surface area (Å²) in [6.07, 6.45) is 33.9. The van der Waals surface area contributed by atoms with E-state index in [9.17, 15) is 0 Å². The minimum Gasteiger partial charge on any atom is -0.144 e. The van der Waals surface area contributed by atoms with E-state index in [1.807, 2.05) is 25.2 Å². The van der Waals surface area contributed by atoms with Crippen molar-refractivity contribution in [3.8, 4) is 12.3 Å². The molecule has 0 aliphatic carbocycles. The molecule has 0 aliphatic heterocycles. The van der Waals surface area contributed by atoms with Crippen LogP contribution in [0.2, 0.25) is 0 Å². The smallest absolute Gasteiger partial charge is 0.0270 e. The van der Waals surface area contributed by atoms with Gasteiger partial charge in [0.2, 0.25) is 0 Å². The first-order valence-electron chi connectivity index (χ1n) is 9.57. The number of hydrogen-bond donors (Lipinski definition) is 0. The number of rotatable bonds is 9. The standard InChI is InChI=1S/C28H30S/c1-6-7-13-24(2)16-10-17-25(3)14-8-9-15-26(4)18-11-19-27(5)21-22-28-20-12-23-29-28/h1,7-23H,2-5H3/b9-8+,13-7+,17-10+,18-11+,22-21+,24-16+,25-14+,26-15+,27-19+. The fraction of sp³-hybridized carbons (Fsp3) is 0.143. The van der Waals surface area contributed by atoms with E-state index in [-0.39, 0.29) is 0 Å². The Balaban J connectivity index is 2.52. The lowest BCUT2D eigenvalue weighted by molar-refractivity contribution is 1.49. The first-order valence-corrected chi connectivity index (χ1v) is 10.5. The van der Waals surface area contributed by atoms with E-state index in [2.05, 4.69) is 105 Å². The average molecular weight is 399 g/mol. The number of thiophene rings is 1. The van der Waals surface area contributed by atoms with E-state index in [1.54, 1.807) is 17.4 Å². The van der Waals surface area contributed by atoms with Gasteiger partial charge in [-0.3, -0.25) is 0 Å². The van der Waals surface area contributed by atoms with Crippen molar-refractivity contribution >= 4 is 17.4 Å². The lowest BCUT2D eigenvalue weighted by Crippen LogP contribution is -1.69. The van der Waals surface area contributed by atoms with Crippen molar-refractivity contribution in [2.75, 3.05) is 0 Å². The van der Waals surface area contributed by atoms with Crippen molar-refractivity contribution in [1.29, 1.82) is 0 Å². The van der Waals surface area contributed by atoms with E-state index in [4.69, 9.17) is 6.42 Å². The van der Waals surface area contributed by atoms with Gasteiger partial charge in [-0.15, -0.1) is 17.8 Å². The van der Waals surface area contributed by atoms with Crippen LogP contribution in [0.15, 0.2) is 119 Å². The number of hydrogen-bond acceptors (Lipinski definition) is 1. The van der Waals surface area contributed by atoms with Crippen molar-refractivity contribution in [2.24, 2.45) is 0 Å². The van der Waals surface area contributed by atoms with Crippen molar-refractivity contribution in [3.63, 3.8) is 0 Å². The van der Waals surface area contributed by atoms with Crippen LogP contribution in [-0.2, 0) is 0 Å². The van der Waals surface area contributed by atoms with Gasteiger partial charge in [-0.25, -0.2) is 0 Å². The third kappa shape index (κ3) is 12.8. The van der Waals surface area contributed by atoms with Crippen LogP contribution in [0.5, 0.6) is 0 Å². The van der Waals surface area contributed by atoms with Gasteiger partial charge >= 0.3 is 0 Å². The molecule has 0 atom stereocenters. The predicted molar refractivity (Wildman–Crippen MR) is 134 cm³/mol. The van der Waals surface area contributed by atoms with Gasteiger partial charge in [-0.2, -0.15) is 0 Å². The molecule has 0 saturated carbocycles. The summed E-state index contributed by atoms with van der Waals surface area (Å²) in [6, 6.07) is 4.18. The van der Waals surface area contributed by atoms with Crippen LogP contribution in [0, 0.1) is 12.3 Å². The highest BCUT2D eigenvalue weighted by molar-refractivity contribution is 7.10. The van der Waals surface area contributed by atoms with Gasteiger partial charge in [0.15, 0.2) is 0 Å². The van der Waals surface area contributed by atoms with Crippen molar-refractivity contribution < 1.29 is 0 Å². The van der Waals surface area contributed by atoms with Crippen LogP contribution in [0.25, 0.3) is 6.08 Å². The monoisotopic (exact) mass is 398 g/mol. The molecule has 0 aromatic carbocycles. The van der Waals surface area contributed by atoms with Crippen LogP contribution < -0.4 is 0 Å². The maximum Gasteiger partial charge on any atom is 0.0270 e. The fourth-order valence-electron chi connectivity index (χ4n) is 2.12. The van der Waals surface area contributed by atoms with Crippen LogP contribution in [-0.4, -0.2) is 0 Å². The Morgan fingerprint density at radius 3 is 1.79 bits per heavy atom. The second kappa shape index (κ2) is 14.9. The topological polar surface area (TPSA) is 0 Å². The molecule has 0 bridgehead atoms. The summed E-state index contributed by atoms with van der Waals surface area (Å²) >= 11 is 1.75. The molecule has 148 valence electrons. The SMILES string of the molecule is C#C/C=C/C(C)=C/C=C/C(C)=C/C=C/C=C(C)/C=C/C=C(C)/C=C/c1cccs1. The van der Waals surface area contributed by atoms with Crippen molar-refractivity contribution in [2.45, 2.75) is 27.7 Å². The first-order chi connectivity index (χ1) is 14.0. The molecule has 0 N–H and O–H groups in total. The molecule has 0 spiro atoms. The summed E-state index contributed by atoms with van der Waals surface area (Å²) in [6.45, 7) is 8.31. The zero-order chi connectivity index (χ0) is 21.3. The molecule has 0 saturated heterocycles. The maximum atomic E-state index is 5.20. The Kier molecular flexibility index (Phi) is 12.3. The minimum atomic E-state index is 1.12. The second-order valence-electron chi connectivity index (χ2n) is 6.59. The largest absolute Gasteiger partial charge is 0.144 e. The molecular formula is C28H30S. The highest BCUT2D eigenvalue weighted by Gasteiger charge is 1.85. The van der Waals surface area contributed by atoms with E-state index >= 15 is 0 Å². The molecule has 1 rings (SSSR count). The first kappa shape index (κ1) is 24.0. The van der Waals surface area contributed by atoms with E-state index < -0.39 is 0 Å². The molecule has 1 aromatic rings. The minimum absolute atomic E-state index is 1.12. The zero-order valence-electron chi connectivity index (χ0n) is 17.8.